The van der Waals surface area contributed by atoms with Gasteiger partial charge in [0, 0.05) is 24.8 Å². The fraction of sp³-hybridized carbons (Fsp3) is 0.500. The maximum atomic E-state index is 12.5. The Balaban J connectivity index is 1.50. The third-order valence-corrected chi connectivity index (χ3v) is 5.85. The van der Waals surface area contributed by atoms with Crippen LogP contribution in [0.2, 0.25) is 0 Å². The first-order valence-electron chi connectivity index (χ1n) is 7.49. The highest BCUT2D eigenvalue weighted by Gasteiger charge is 2.47. The number of thiazole rings is 1. The summed E-state index contributed by atoms with van der Waals surface area (Å²) >= 11 is 1.57. The molecule has 1 N–H and O–H groups in total. The average Bonchev–Trinajstić information content (AvgIpc) is 2.99. The number of aromatic nitrogens is 1. The summed E-state index contributed by atoms with van der Waals surface area (Å²) in [7, 11) is 0. The molecule has 0 radical (unpaired) electrons. The molecular weight excluding hydrogens is 284 g/mol. The molecule has 1 aromatic heterocycles. The number of hydrogen-bond acceptors (Lipinski definition) is 4. The minimum Gasteiger partial charge on any atom is -0.381 e. The Labute approximate surface area is 127 Å². The maximum Gasteiger partial charge on any atom is 0.251 e. The second-order valence-electron chi connectivity index (χ2n) is 6.07. The number of hydrogen-bond donors (Lipinski definition) is 1. The van der Waals surface area contributed by atoms with Crippen LogP contribution in [-0.4, -0.2) is 30.1 Å². The molecule has 1 aromatic carbocycles. The van der Waals surface area contributed by atoms with Crippen LogP contribution < -0.4 is 5.32 Å². The fourth-order valence-corrected chi connectivity index (χ4v) is 4.25. The number of amides is 1. The molecule has 1 atom stereocenters. The van der Waals surface area contributed by atoms with Crippen LogP contribution in [0.1, 0.15) is 36.0 Å². The largest absolute Gasteiger partial charge is 0.381 e. The van der Waals surface area contributed by atoms with Crippen LogP contribution in [0.5, 0.6) is 0 Å². The van der Waals surface area contributed by atoms with E-state index in [9.17, 15) is 4.79 Å². The monoisotopic (exact) mass is 302 g/mol. The van der Waals surface area contributed by atoms with Gasteiger partial charge in [-0.2, -0.15) is 0 Å². The van der Waals surface area contributed by atoms with Crippen molar-refractivity contribution in [2.75, 3.05) is 13.2 Å². The van der Waals surface area contributed by atoms with E-state index in [1.165, 1.54) is 6.42 Å². The number of ether oxygens (including phenoxy) is 1. The summed E-state index contributed by atoms with van der Waals surface area (Å²) in [4.78, 5) is 16.7. The van der Waals surface area contributed by atoms with Gasteiger partial charge in [0.05, 0.1) is 15.7 Å². The van der Waals surface area contributed by atoms with Gasteiger partial charge in [-0.05, 0) is 49.3 Å². The number of benzene rings is 1. The van der Waals surface area contributed by atoms with Gasteiger partial charge in [0.2, 0.25) is 0 Å². The fourth-order valence-electron chi connectivity index (χ4n) is 3.54. The van der Waals surface area contributed by atoms with Gasteiger partial charge in [0.1, 0.15) is 0 Å². The lowest BCUT2D eigenvalue weighted by molar-refractivity contribution is -0.0523. The maximum absolute atomic E-state index is 12.5. The van der Waals surface area contributed by atoms with Gasteiger partial charge in [-0.25, -0.2) is 4.98 Å². The number of fused-ring (bicyclic) bond motifs is 1. The smallest absolute Gasteiger partial charge is 0.251 e. The molecule has 2 fully saturated rings. The van der Waals surface area contributed by atoms with Crippen molar-refractivity contribution in [3.8, 4) is 0 Å². The molecule has 4 nitrogen and oxygen atoms in total. The quantitative estimate of drug-likeness (QED) is 0.928. The first-order valence-corrected chi connectivity index (χ1v) is 8.37. The minimum absolute atomic E-state index is 0.0425. The lowest BCUT2D eigenvalue weighted by Crippen LogP contribution is -2.57. The molecule has 1 saturated heterocycles. The van der Waals surface area contributed by atoms with E-state index in [4.69, 9.17) is 4.74 Å². The van der Waals surface area contributed by atoms with E-state index < -0.39 is 0 Å². The lowest BCUT2D eigenvalue weighted by atomic mass is 9.60. The number of nitrogens with zero attached hydrogens (tertiary/aromatic N) is 1. The Bertz CT molecular complexity index is 676. The Morgan fingerprint density at radius 3 is 2.95 bits per heavy atom. The van der Waals surface area contributed by atoms with Crippen molar-refractivity contribution in [1.29, 1.82) is 0 Å². The van der Waals surface area contributed by atoms with Crippen molar-refractivity contribution in [3.63, 3.8) is 0 Å². The molecule has 2 aromatic rings. The number of carbonyl (C=O) groups excluding carboxylic acids is 1. The Kier molecular flexibility index (Phi) is 3.19. The summed E-state index contributed by atoms with van der Waals surface area (Å²) in [5, 5.41) is 3.24. The third kappa shape index (κ3) is 2.24. The van der Waals surface area contributed by atoms with E-state index in [1.807, 2.05) is 23.7 Å². The number of nitrogens with one attached hydrogen (secondary N) is 1. The third-order valence-electron chi connectivity index (χ3n) is 5.06. The van der Waals surface area contributed by atoms with Gasteiger partial charge in [0.25, 0.3) is 5.91 Å². The zero-order valence-corrected chi connectivity index (χ0v) is 12.6. The minimum atomic E-state index is 0.0425. The van der Waals surface area contributed by atoms with Crippen LogP contribution in [0.3, 0.4) is 0 Å². The predicted molar refractivity (Wildman–Crippen MR) is 82.6 cm³/mol. The first-order chi connectivity index (χ1) is 10.3. The van der Waals surface area contributed by atoms with E-state index in [0.717, 1.165) is 48.3 Å². The predicted octanol–water partition coefficient (Wildman–Crippen LogP) is 2.99. The lowest BCUT2D eigenvalue weighted by Gasteiger charge is -2.52. The molecule has 1 aliphatic carbocycles. The molecule has 110 valence electrons. The van der Waals surface area contributed by atoms with Gasteiger partial charge < -0.3 is 10.1 Å². The summed E-state index contributed by atoms with van der Waals surface area (Å²) < 4.78 is 6.53. The van der Waals surface area contributed by atoms with Crippen molar-refractivity contribution in [3.05, 3.63) is 29.3 Å². The van der Waals surface area contributed by atoms with Gasteiger partial charge in [-0.1, -0.05) is 0 Å². The molecule has 2 aliphatic rings. The molecule has 5 heteroatoms. The van der Waals surface area contributed by atoms with Gasteiger partial charge in [-0.15, -0.1) is 11.3 Å². The zero-order valence-electron chi connectivity index (χ0n) is 11.8. The van der Waals surface area contributed by atoms with Crippen molar-refractivity contribution in [2.24, 2.45) is 5.41 Å². The highest BCUT2D eigenvalue weighted by atomic mass is 32.1. The SMILES string of the molecule is O=C(NC1CCC12CCOCC2)c1ccc2ncsc2c1. The molecule has 1 amide bonds. The van der Waals surface area contributed by atoms with Gasteiger partial charge in [0.15, 0.2) is 0 Å². The Hall–Kier alpha value is -1.46. The second kappa shape index (κ2) is 5.07. The summed E-state index contributed by atoms with van der Waals surface area (Å²) in [6, 6.07) is 6.04. The van der Waals surface area contributed by atoms with Crippen molar-refractivity contribution < 1.29 is 9.53 Å². The average molecular weight is 302 g/mol. The van der Waals surface area contributed by atoms with Gasteiger partial charge >= 0.3 is 0 Å². The van der Waals surface area contributed by atoms with Crippen LogP contribution >= 0.6 is 11.3 Å². The number of carbonyl (C=O) groups is 1. The van der Waals surface area contributed by atoms with Crippen LogP contribution in [0.15, 0.2) is 23.7 Å². The summed E-state index contributed by atoms with van der Waals surface area (Å²) in [5.74, 6) is 0.0425. The summed E-state index contributed by atoms with van der Waals surface area (Å²) in [5.41, 5.74) is 3.81. The standard InChI is InChI=1S/C16H18N2O2S/c19-15(11-1-2-12-13(9-11)21-10-17-12)18-14-3-4-16(14)5-7-20-8-6-16/h1-2,9-10,14H,3-8H2,(H,18,19). The molecule has 1 saturated carbocycles. The molecule has 2 heterocycles. The van der Waals surface area contributed by atoms with Gasteiger partial charge in [-0.3, -0.25) is 4.79 Å². The molecule has 1 unspecified atom stereocenters. The zero-order chi connectivity index (χ0) is 14.3. The molecule has 1 spiro atoms. The van der Waals surface area contributed by atoms with E-state index in [2.05, 4.69) is 10.3 Å². The molecule has 0 bridgehead atoms. The molecule has 21 heavy (non-hydrogen) atoms. The molecule has 1 aliphatic heterocycles. The van der Waals surface area contributed by atoms with E-state index in [1.54, 1.807) is 11.3 Å². The van der Waals surface area contributed by atoms with Crippen LogP contribution in [-0.2, 0) is 4.74 Å². The van der Waals surface area contributed by atoms with Crippen LogP contribution in [0.25, 0.3) is 10.2 Å². The molecular formula is C16H18N2O2S. The first kappa shape index (κ1) is 13.2. The Morgan fingerprint density at radius 2 is 2.19 bits per heavy atom. The molecule has 4 rings (SSSR count). The van der Waals surface area contributed by atoms with E-state index >= 15 is 0 Å². The second-order valence-corrected chi connectivity index (χ2v) is 6.96. The number of rotatable bonds is 2. The van der Waals surface area contributed by atoms with Crippen LogP contribution in [0.4, 0.5) is 0 Å². The Morgan fingerprint density at radius 1 is 1.33 bits per heavy atom. The highest BCUT2D eigenvalue weighted by molar-refractivity contribution is 7.16. The topological polar surface area (TPSA) is 51.2 Å². The van der Waals surface area contributed by atoms with Crippen molar-refractivity contribution in [2.45, 2.75) is 31.7 Å². The van der Waals surface area contributed by atoms with E-state index in [0.29, 0.717) is 11.5 Å². The summed E-state index contributed by atoms with van der Waals surface area (Å²) in [6.45, 7) is 1.67. The normalized spacial score (nSPS) is 23.9. The van der Waals surface area contributed by atoms with Crippen molar-refractivity contribution in [1.82, 2.24) is 10.3 Å². The van der Waals surface area contributed by atoms with E-state index in [-0.39, 0.29) is 5.91 Å². The van der Waals surface area contributed by atoms with Crippen molar-refractivity contribution >= 4 is 27.5 Å². The van der Waals surface area contributed by atoms with Crippen LogP contribution in [0, 0.1) is 5.41 Å². The summed E-state index contributed by atoms with van der Waals surface area (Å²) in [6.07, 6.45) is 4.46. The highest BCUT2D eigenvalue weighted by Crippen LogP contribution is 2.48.